The number of thiazole rings is 1. The Hall–Kier alpha value is -1.73. The Balaban J connectivity index is 1.78. The van der Waals surface area contributed by atoms with Crippen LogP contribution in [0, 0.1) is 6.92 Å². The van der Waals surface area contributed by atoms with Crippen LogP contribution < -0.4 is 9.64 Å². The molecule has 1 aliphatic rings. The van der Waals surface area contributed by atoms with Crippen molar-refractivity contribution in [2.24, 2.45) is 0 Å². The highest BCUT2D eigenvalue weighted by molar-refractivity contribution is 7.16. The lowest BCUT2D eigenvalue weighted by molar-refractivity contribution is -0.0498. The van der Waals surface area contributed by atoms with Gasteiger partial charge in [-0.05, 0) is 38.2 Å². The number of rotatable bonds is 4. The summed E-state index contributed by atoms with van der Waals surface area (Å²) < 4.78 is 28.8. The lowest BCUT2D eigenvalue weighted by Gasteiger charge is -2.32. The van der Waals surface area contributed by atoms with E-state index in [-0.39, 0.29) is 5.75 Å². The smallest absolute Gasteiger partial charge is 0.387 e. The molecule has 0 unspecified atom stereocenters. The molecule has 0 spiro atoms. The van der Waals surface area contributed by atoms with E-state index < -0.39 is 6.61 Å². The van der Waals surface area contributed by atoms with Gasteiger partial charge in [-0.3, -0.25) is 0 Å². The number of aromatic nitrogens is 1. The van der Waals surface area contributed by atoms with Crippen LogP contribution in [0.1, 0.15) is 4.88 Å². The molecule has 124 valence electrons. The lowest BCUT2D eigenvalue weighted by atomic mass is 10.1. The summed E-state index contributed by atoms with van der Waals surface area (Å²) >= 11 is 1.68. The number of aryl methyl sites for hydroxylation is 1. The van der Waals surface area contributed by atoms with E-state index in [9.17, 15) is 8.78 Å². The van der Waals surface area contributed by atoms with Gasteiger partial charge >= 0.3 is 6.61 Å². The van der Waals surface area contributed by atoms with E-state index in [1.807, 2.05) is 6.92 Å². The van der Waals surface area contributed by atoms with Gasteiger partial charge in [0, 0.05) is 36.6 Å². The van der Waals surface area contributed by atoms with Crippen LogP contribution in [0.2, 0.25) is 0 Å². The number of nitrogens with zero attached hydrogens (tertiary/aromatic N) is 3. The predicted octanol–water partition coefficient (Wildman–Crippen LogP) is 3.47. The van der Waals surface area contributed by atoms with E-state index in [0.29, 0.717) is 0 Å². The molecule has 0 N–H and O–H groups in total. The van der Waals surface area contributed by atoms with Gasteiger partial charge in [-0.2, -0.15) is 8.78 Å². The van der Waals surface area contributed by atoms with Gasteiger partial charge in [0.15, 0.2) is 5.13 Å². The number of benzene rings is 1. The molecule has 0 aliphatic carbocycles. The minimum Gasteiger partial charge on any atom is -0.435 e. The summed E-state index contributed by atoms with van der Waals surface area (Å²) in [6, 6.07) is 6.65. The molecular formula is C16H19F2N3OS. The van der Waals surface area contributed by atoms with E-state index in [4.69, 9.17) is 4.98 Å². The fourth-order valence-corrected chi connectivity index (χ4v) is 3.56. The van der Waals surface area contributed by atoms with Crippen molar-refractivity contribution in [1.29, 1.82) is 0 Å². The average molecular weight is 339 g/mol. The first-order valence-corrected chi connectivity index (χ1v) is 8.31. The third kappa shape index (κ3) is 3.79. The van der Waals surface area contributed by atoms with E-state index >= 15 is 0 Å². The quantitative estimate of drug-likeness (QED) is 0.853. The van der Waals surface area contributed by atoms with Crippen LogP contribution in [0.25, 0.3) is 11.3 Å². The van der Waals surface area contributed by atoms with Gasteiger partial charge in [-0.1, -0.05) is 0 Å². The van der Waals surface area contributed by atoms with Crippen molar-refractivity contribution in [2.75, 3.05) is 38.1 Å². The summed E-state index contributed by atoms with van der Waals surface area (Å²) in [4.78, 5) is 10.5. The van der Waals surface area contributed by atoms with Crippen LogP contribution >= 0.6 is 11.3 Å². The molecule has 0 atom stereocenters. The fraction of sp³-hybridized carbons (Fsp3) is 0.438. The third-order valence-corrected chi connectivity index (χ3v) is 4.94. The summed E-state index contributed by atoms with van der Waals surface area (Å²) in [6.07, 6.45) is 0. The third-order valence-electron chi connectivity index (χ3n) is 3.91. The molecule has 1 fully saturated rings. The zero-order valence-electron chi connectivity index (χ0n) is 13.1. The van der Waals surface area contributed by atoms with Crippen molar-refractivity contribution in [1.82, 2.24) is 9.88 Å². The Kier molecular flexibility index (Phi) is 4.77. The Morgan fingerprint density at radius 1 is 1.13 bits per heavy atom. The predicted molar refractivity (Wildman–Crippen MR) is 88.6 cm³/mol. The standard InChI is InChI=1S/C16H19F2N3OS/c1-11-14(12-3-5-13(6-4-12)22-15(17)18)19-16(23-11)21-9-7-20(2)8-10-21/h3-6,15H,7-10H2,1-2H3. The lowest BCUT2D eigenvalue weighted by Crippen LogP contribution is -2.44. The molecule has 1 saturated heterocycles. The summed E-state index contributed by atoms with van der Waals surface area (Å²) in [5, 5.41) is 1.03. The van der Waals surface area contributed by atoms with E-state index in [1.54, 1.807) is 35.6 Å². The van der Waals surface area contributed by atoms with Crippen molar-refractivity contribution in [3.8, 4) is 17.0 Å². The van der Waals surface area contributed by atoms with Crippen molar-refractivity contribution >= 4 is 16.5 Å². The molecule has 0 amide bonds. The molecular weight excluding hydrogens is 320 g/mol. The Morgan fingerprint density at radius 3 is 2.39 bits per heavy atom. The normalized spacial score (nSPS) is 16.1. The molecule has 2 heterocycles. The van der Waals surface area contributed by atoms with Crippen molar-refractivity contribution in [3.05, 3.63) is 29.1 Å². The molecule has 0 saturated carbocycles. The highest BCUT2D eigenvalue weighted by atomic mass is 32.1. The first kappa shape index (κ1) is 16.1. The van der Waals surface area contributed by atoms with E-state index in [1.165, 1.54) is 0 Å². The molecule has 0 radical (unpaired) electrons. The van der Waals surface area contributed by atoms with Crippen LogP contribution in [0.3, 0.4) is 0 Å². The van der Waals surface area contributed by atoms with Gasteiger partial charge in [0.2, 0.25) is 0 Å². The maximum absolute atomic E-state index is 12.2. The summed E-state index contributed by atoms with van der Waals surface area (Å²) in [6.45, 7) is 3.26. The number of hydrogen-bond donors (Lipinski definition) is 0. The molecule has 2 aromatic rings. The van der Waals surface area contributed by atoms with Gasteiger partial charge < -0.3 is 14.5 Å². The summed E-state index contributed by atoms with van der Waals surface area (Å²) in [5.41, 5.74) is 1.83. The second kappa shape index (κ2) is 6.80. The van der Waals surface area contributed by atoms with Gasteiger partial charge in [0.25, 0.3) is 0 Å². The zero-order chi connectivity index (χ0) is 16.4. The number of piperazine rings is 1. The minimum atomic E-state index is -2.80. The van der Waals surface area contributed by atoms with E-state index in [2.05, 4.69) is 21.6 Å². The highest BCUT2D eigenvalue weighted by Gasteiger charge is 2.19. The van der Waals surface area contributed by atoms with Crippen LogP contribution in [0.5, 0.6) is 5.75 Å². The van der Waals surface area contributed by atoms with Crippen molar-refractivity contribution in [3.63, 3.8) is 0 Å². The maximum atomic E-state index is 12.2. The molecule has 4 nitrogen and oxygen atoms in total. The average Bonchev–Trinajstić information content (AvgIpc) is 2.90. The summed E-state index contributed by atoms with van der Waals surface area (Å²) in [5.74, 6) is 0.163. The SMILES string of the molecule is Cc1sc(N2CCN(C)CC2)nc1-c1ccc(OC(F)F)cc1. The van der Waals surface area contributed by atoms with Crippen LogP contribution in [0.15, 0.2) is 24.3 Å². The van der Waals surface area contributed by atoms with Crippen LogP contribution in [-0.4, -0.2) is 49.7 Å². The second-order valence-electron chi connectivity index (χ2n) is 5.59. The van der Waals surface area contributed by atoms with Gasteiger partial charge in [0.1, 0.15) is 5.75 Å². The zero-order valence-corrected chi connectivity index (χ0v) is 13.9. The monoisotopic (exact) mass is 339 g/mol. The Bertz CT molecular complexity index is 652. The van der Waals surface area contributed by atoms with Crippen molar-refractivity contribution in [2.45, 2.75) is 13.5 Å². The first-order chi connectivity index (χ1) is 11.0. The molecule has 23 heavy (non-hydrogen) atoms. The highest BCUT2D eigenvalue weighted by Crippen LogP contribution is 2.33. The molecule has 0 bridgehead atoms. The number of halogens is 2. The summed E-state index contributed by atoms with van der Waals surface area (Å²) in [7, 11) is 2.12. The minimum absolute atomic E-state index is 0.163. The van der Waals surface area contributed by atoms with Gasteiger partial charge in [0.05, 0.1) is 5.69 Å². The first-order valence-electron chi connectivity index (χ1n) is 7.49. The van der Waals surface area contributed by atoms with Gasteiger partial charge in [-0.15, -0.1) is 11.3 Å². The molecule has 1 aromatic heterocycles. The molecule has 7 heteroatoms. The van der Waals surface area contributed by atoms with Crippen LogP contribution in [0.4, 0.5) is 13.9 Å². The fourth-order valence-electron chi connectivity index (χ4n) is 2.58. The van der Waals surface area contributed by atoms with Crippen molar-refractivity contribution < 1.29 is 13.5 Å². The Labute approximate surface area is 138 Å². The van der Waals surface area contributed by atoms with Crippen LogP contribution in [-0.2, 0) is 0 Å². The second-order valence-corrected chi connectivity index (χ2v) is 6.78. The topological polar surface area (TPSA) is 28.6 Å². The number of ether oxygens (including phenoxy) is 1. The molecule has 3 rings (SSSR count). The van der Waals surface area contributed by atoms with Gasteiger partial charge in [-0.25, -0.2) is 4.98 Å². The number of likely N-dealkylation sites (N-methyl/N-ethyl adjacent to an activating group) is 1. The molecule has 1 aromatic carbocycles. The largest absolute Gasteiger partial charge is 0.435 e. The maximum Gasteiger partial charge on any atom is 0.387 e. The van der Waals surface area contributed by atoms with E-state index in [0.717, 1.165) is 47.4 Å². The number of alkyl halides is 2. The number of anilines is 1. The number of hydrogen-bond acceptors (Lipinski definition) is 5. The molecule has 1 aliphatic heterocycles. The Morgan fingerprint density at radius 2 is 1.78 bits per heavy atom.